The second-order valence-electron chi connectivity index (χ2n) is 5.03. The van der Waals surface area contributed by atoms with E-state index in [2.05, 4.69) is 15.1 Å². The van der Waals surface area contributed by atoms with Gasteiger partial charge in [-0.2, -0.15) is 4.98 Å². The molecule has 7 nitrogen and oxygen atoms in total. The second-order valence-corrected chi connectivity index (χ2v) is 5.03. The van der Waals surface area contributed by atoms with Crippen LogP contribution in [0.25, 0.3) is 5.78 Å². The van der Waals surface area contributed by atoms with E-state index in [1.165, 1.54) is 4.52 Å². The maximum atomic E-state index is 11.9. The lowest BCUT2D eigenvalue weighted by Crippen LogP contribution is -2.13. The standard InChI is InChI=1S/C16H16N4O3/c1-11-4-3-5-13(10-11)22-8-9-23-15(21)14-18-16-17-7-6-12(2)20(16)19-14/h3-7,10H,8-9H2,1-2H3. The molecule has 118 valence electrons. The van der Waals surface area contributed by atoms with Crippen molar-refractivity contribution in [3.8, 4) is 5.75 Å². The van der Waals surface area contributed by atoms with Gasteiger partial charge in [0.25, 0.3) is 11.6 Å². The summed E-state index contributed by atoms with van der Waals surface area (Å²) in [5.74, 6) is 0.504. The van der Waals surface area contributed by atoms with Crippen molar-refractivity contribution in [3.05, 3.63) is 53.6 Å². The molecule has 0 saturated heterocycles. The number of carbonyl (C=O) groups is 1. The van der Waals surface area contributed by atoms with Crippen LogP contribution in [0.15, 0.2) is 36.5 Å². The maximum Gasteiger partial charge on any atom is 0.378 e. The molecule has 0 fully saturated rings. The quantitative estimate of drug-likeness (QED) is 0.529. The Kier molecular flexibility index (Phi) is 4.18. The predicted octanol–water partition coefficient (Wildman–Crippen LogP) is 1.98. The maximum absolute atomic E-state index is 11.9. The first-order valence-corrected chi connectivity index (χ1v) is 7.18. The molecule has 0 amide bonds. The smallest absolute Gasteiger partial charge is 0.378 e. The third kappa shape index (κ3) is 3.45. The Morgan fingerprint density at radius 2 is 2.09 bits per heavy atom. The molecule has 0 aliphatic rings. The highest BCUT2D eigenvalue weighted by Crippen LogP contribution is 2.12. The first-order chi connectivity index (χ1) is 11.1. The average molecular weight is 312 g/mol. The van der Waals surface area contributed by atoms with E-state index in [-0.39, 0.29) is 19.0 Å². The molecule has 0 unspecified atom stereocenters. The summed E-state index contributed by atoms with van der Waals surface area (Å²) in [7, 11) is 0. The molecule has 0 spiro atoms. The minimum atomic E-state index is -0.595. The predicted molar refractivity (Wildman–Crippen MR) is 82.5 cm³/mol. The molecular weight excluding hydrogens is 296 g/mol. The summed E-state index contributed by atoms with van der Waals surface area (Å²) in [4.78, 5) is 20.0. The number of aryl methyl sites for hydroxylation is 2. The summed E-state index contributed by atoms with van der Waals surface area (Å²) in [5, 5.41) is 4.09. The van der Waals surface area contributed by atoms with Crippen LogP contribution in [0.3, 0.4) is 0 Å². The number of ether oxygens (including phenoxy) is 2. The zero-order valence-electron chi connectivity index (χ0n) is 12.9. The molecule has 0 N–H and O–H groups in total. The summed E-state index contributed by atoms with van der Waals surface area (Å²) in [6.07, 6.45) is 1.62. The number of hydrogen-bond acceptors (Lipinski definition) is 6. The first kappa shape index (κ1) is 15.0. The molecule has 2 aromatic heterocycles. The number of nitrogens with zero attached hydrogens (tertiary/aromatic N) is 4. The van der Waals surface area contributed by atoms with E-state index in [0.717, 1.165) is 17.0 Å². The highest BCUT2D eigenvalue weighted by molar-refractivity contribution is 5.85. The Morgan fingerprint density at radius 3 is 2.87 bits per heavy atom. The van der Waals surface area contributed by atoms with E-state index in [4.69, 9.17) is 9.47 Å². The van der Waals surface area contributed by atoms with E-state index in [1.54, 1.807) is 12.3 Å². The van der Waals surface area contributed by atoms with Crippen LogP contribution < -0.4 is 4.74 Å². The SMILES string of the molecule is Cc1cccc(OCCOC(=O)c2nc3nccc(C)n3n2)c1. The van der Waals surface area contributed by atoms with Crippen LogP contribution >= 0.6 is 0 Å². The zero-order valence-corrected chi connectivity index (χ0v) is 12.9. The van der Waals surface area contributed by atoms with Crippen LogP contribution in [-0.2, 0) is 4.74 Å². The lowest BCUT2D eigenvalue weighted by molar-refractivity contribution is 0.0436. The number of esters is 1. The molecule has 3 rings (SSSR count). The van der Waals surface area contributed by atoms with E-state index in [1.807, 2.05) is 38.1 Å². The van der Waals surface area contributed by atoms with Crippen molar-refractivity contribution in [3.63, 3.8) is 0 Å². The number of benzene rings is 1. The minimum absolute atomic E-state index is 0.0117. The van der Waals surface area contributed by atoms with Gasteiger partial charge in [-0.25, -0.2) is 14.3 Å². The van der Waals surface area contributed by atoms with Crippen LogP contribution in [0.2, 0.25) is 0 Å². The van der Waals surface area contributed by atoms with Gasteiger partial charge in [0.2, 0.25) is 0 Å². The molecule has 0 saturated carbocycles. The van der Waals surface area contributed by atoms with Crippen LogP contribution in [-0.4, -0.2) is 38.8 Å². The number of aromatic nitrogens is 4. The molecule has 23 heavy (non-hydrogen) atoms. The highest BCUT2D eigenvalue weighted by atomic mass is 16.6. The average Bonchev–Trinajstić information content (AvgIpc) is 2.97. The molecule has 0 aliphatic carbocycles. The number of hydrogen-bond donors (Lipinski definition) is 0. The largest absolute Gasteiger partial charge is 0.490 e. The van der Waals surface area contributed by atoms with Crippen molar-refractivity contribution in [2.45, 2.75) is 13.8 Å². The Bertz CT molecular complexity index is 844. The fourth-order valence-electron chi connectivity index (χ4n) is 2.06. The van der Waals surface area contributed by atoms with Crippen molar-refractivity contribution < 1.29 is 14.3 Å². The first-order valence-electron chi connectivity index (χ1n) is 7.18. The Balaban J connectivity index is 1.55. The Morgan fingerprint density at radius 1 is 1.22 bits per heavy atom. The van der Waals surface area contributed by atoms with Gasteiger partial charge in [-0.05, 0) is 37.6 Å². The molecule has 0 radical (unpaired) electrons. The fourth-order valence-corrected chi connectivity index (χ4v) is 2.06. The van der Waals surface area contributed by atoms with Gasteiger partial charge in [-0.15, -0.1) is 5.10 Å². The number of rotatable bonds is 5. The Hall–Kier alpha value is -2.96. The Labute approximate surface area is 132 Å². The molecule has 3 aromatic rings. The molecule has 0 aliphatic heterocycles. The van der Waals surface area contributed by atoms with Gasteiger partial charge in [0, 0.05) is 11.9 Å². The van der Waals surface area contributed by atoms with Gasteiger partial charge in [-0.1, -0.05) is 12.1 Å². The van der Waals surface area contributed by atoms with Crippen LogP contribution in [0.4, 0.5) is 0 Å². The molecule has 2 heterocycles. The highest BCUT2D eigenvalue weighted by Gasteiger charge is 2.15. The third-order valence-corrected chi connectivity index (χ3v) is 3.19. The van der Waals surface area contributed by atoms with Crippen LogP contribution in [0, 0.1) is 13.8 Å². The summed E-state index contributed by atoms with van der Waals surface area (Å²) >= 11 is 0. The van der Waals surface area contributed by atoms with Gasteiger partial charge in [-0.3, -0.25) is 0 Å². The van der Waals surface area contributed by atoms with Gasteiger partial charge >= 0.3 is 5.97 Å². The van der Waals surface area contributed by atoms with Gasteiger partial charge in [0.05, 0.1) is 0 Å². The van der Waals surface area contributed by atoms with Crippen molar-refractivity contribution in [2.75, 3.05) is 13.2 Å². The zero-order chi connectivity index (χ0) is 16.2. The van der Waals surface area contributed by atoms with Crippen molar-refractivity contribution in [1.29, 1.82) is 0 Å². The molecule has 1 aromatic carbocycles. The normalized spacial score (nSPS) is 10.7. The number of carbonyl (C=O) groups excluding carboxylic acids is 1. The van der Waals surface area contributed by atoms with E-state index < -0.39 is 5.97 Å². The second kappa shape index (κ2) is 6.43. The van der Waals surface area contributed by atoms with Gasteiger partial charge in [0.15, 0.2) is 0 Å². The monoisotopic (exact) mass is 312 g/mol. The lowest BCUT2D eigenvalue weighted by Gasteiger charge is -2.06. The minimum Gasteiger partial charge on any atom is -0.490 e. The fraction of sp³-hybridized carbons (Fsp3) is 0.250. The summed E-state index contributed by atoms with van der Waals surface area (Å²) in [5.41, 5.74) is 1.94. The number of fused-ring (bicyclic) bond motifs is 1. The van der Waals surface area contributed by atoms with E-state index >= 15 is 0 Å². The van der Waals surface area contributed by atoms with Crippen molar-refractivity contribution in [1.82, 2.24) is 19.6 Å². The molecular formula is C16H16N4O3. The lowest BCUT2D eigenvalue weighted by atomic mass is 10.2. The molecule has 7 heteroatoms. The summed E-state index contributed by atoms with van der Waals surface area (Å²) < 4.78 is 12.1. The van der Waals surface area contributed by atoms with Crippen LogP contribution in [0.5, 0.6) is 5.75 Å². The summed E-state index contributed by atoms with van der Waals surface area (Å²) in [6.45, 7) is 4.22. The van der Waals surface area contributed by atoms with Gasteiger partial charge in [0.1, 0.15) is 19.0 Å². The topological polar surface area (TPSA) is 78.6 Å². The van der Waals surface area contributed by atoms with E-state index in [0.29, 0.717) is 5.78 Å². The van der Waals surface area contributed by atoms with Crippen molar-refractivity contribution >= 4 is 11.7 Å². The van der Waals surface area contributed by atoms with E-state index in [9.17, 15) is 4.79 Å². The molecule has 0 bridgehead atoms. The molecule has 0 atom stereocenters. The summed E-state index contributed by atoms with van der Waals surface area (Å²) in [6, 6.07) is 9.45. The van der Waals surface area contributed by atoms with Gasteiger partial charge < -0.3 is 9.47 Å². The van der Waals surface area contributed by atoms with Crippen LogP contribution in [0.1, 0.15) is 21.9 Å². The third-order valence-electron chi connectivity index (χ3n) is 3.19. The van der Waals surface area contributed by atoms with Crippen molar-refractivity contribution in [2.24, 2.45) is 0 Å².